The highest BCUT2D eigenvalue weighted by atomic mass is 16.5. The molecule has 1 saturated heterocycles. The maximum absolute atomic E-state index is 12.3. The molecule has 1 fully saturated rings. The summed E-state index contributed by atoms with van der Waals surface area (Å²) in [7, 11) is 0. The van der Waals surface area contributed by atoms with Gasteiger partial charge in [-0.05, 0) is 25.8 Å². The molecule has 1 amide bonds. The van der Waals surface area contributed by atoms with Crippen LogP contribution >= 0.6 is 0 Å². The van der Waals surface area contributed by atoms with Gasteiger partial charge in [-0.25, -0.2) is 0 Å². The predicted molar refractivity (Wildman–Crippen MR) is 66.1 cm³/mol. The third kappa shape index (κ3) is 2.54. The van der Waals surface area contributed by atoms with Gasteiger partial charge in [0.25, 0.3) is 5.91 Å². The molecule has 1 aromatic heterocycles. The monoisotopic (exact) mass is 247 g/mol. The van der Waals surface area contributed by atoms with Crippen molar-refractivity contribution >= 4 is 5.91 Å². The summed E-state index contributed by atoms with van der Waals surface area (Å²) in [6, 6.07) is 3.77. The summed E-state index contributed by atoms with van der Waals surface area (Å²) >= 11 is 0. The Balaban J connectivity index is 2.05. The number of aromatic nitrogens is 1. The molecule has 0 saturated carbocycles. The first-order valence-corrected chi connectivity index (χ1v) is 6.23. The molecule has 1 N–H and O–H groups in total. The second-order valence-corrected chi connectivity index (χ2v) is 4.37. The van der Waals surface area contributed by atoms with E-state index in [1.54, 1.807) is 12.3 Å². The highest BCUT2D eigenvalue weighted by molar-refractivity contribution is 5.93. The Morgan fingerprint density at radius 2 is 2.56 bits per heavy atom. The normalized spacial score (nSPS) is 18.9. The van der Waals surface area contributed by atoms with Gasteiger partial charge in [0.15, 0.2) is 0 Å². The maximum atomic E-state index is 12.3. The summed E-state index contributed by atoms with van der Waals surface area (Å²) in [5, 5.41) is 8.75. The van der Waals surface area contributed by atoms with E-state index in [4.69, 9.17) is 10.00 Å². The number of hydrogen-bond donors (Lipinski definition) is 1. The van der Waals surface area contributed by atoms with Gasteiger partial charge < -0.3 is 14.6 Å². The fourth-order valence-corrected chi connectivity index (χ4v) is 2.27. The van der Waals surface area contributed by atoms with Crippen LogP contribution in [0.3, 0.4) is 0 Å². The van der Waals surface area contributed by atoms with Gasteiger partial charge in [-0.1, -0.05) is 0 Å². The lowest BCUT2D eigenvalue weighted by Gasteiger charge is -2.23. The molecule has 2 rings (SSSR count). The second-order valence-electron chi connectivity index (χ2n) is 4.37. The summed E-state index contributed by atoms with van der Waals surface area (Å²) in [5.74, 6) is -0.0429. The zero-order chi connectivity index (χ0) is 13.0. The van der Waals surface area contributed by atoms with Gasteiger partial charge in [0, 0.05) is 19.3 Å². The second kappa shape index (κ2) is 5.69. The van der Waals surface area contributed by atoms with Crippen LogP contribution in [0.15, 0.2) is 12.3 Å². The molecule has 0 bridgehead atoms. The van der Waals surface area contributed by atoms with Crippen molar-refractivity contribution in [2.45, 2.75) is 25.8 Å². The number of H-pyrrole nitrogens is 1. The van der Waals surface area contributed by atoms with Gasteiger partial charge in [0.1, 0.15) is 11.8 Å². The number of nitrogens with zero attached hydrogens (tertiary/aromatic N) is 2. The maximum Gasteiger partial charge on any atom is 0.270 e. The van der Waals surface area contributed by atoms with E-state index in [0.717, 1.165) is 19.4 Å². The van der Waals surface area contributed by atoms with Crippen molar-refractivity contribution in [3.63, 3.8) is 0 Å². The van der Waals surface area contributed by atoms with Crippen molar-refractivity contribution in [2.75, 3.05) is 19.8 Å². The van der Waals surface area contributed by atoms with Crippen LogP contribution in [0.5, 0.6) is 0 Å². The SMILES string of the molecule is CCOC[C@@H]1CCCN1C(=O)c1cc(C#N)c[nH]1. The van der Waals surface area contributed by atoms with Crippen molar-refractivity contribution < 1.29 is 9.53 Å². The average molecular weight is 247 g/mol. The first-order valence-electron chi connectivity index (χ1n) is 6.23. The number of likely N-dealkylation sites (tertiary alicyclic amines) is 1. The van der Waals surface area contributed by atoms with Gasteiger partial charge in [-0.15, -0.1) is 0 Å². The molecular formula is C13H17N3O2. The Morgan fingerprint density at radius 1 is 1.72 bits per heavy atom. The molecular weight excluding hydrogens is 230 g/mol. The van der Waals surface area contributed by atoms with Gasteiger partial charge >= 0.3 is 0 Å². The zero-order valence-electron chi connectivity index (χ0n) is 10.5. The molecule has 0 aromatic carbocycles. The number of ether oxygens (including phenoxy) is 1. The number of rotatable bonds is 4. The van der Waals surface area contributed by atoms with Crippen molar-refractivity contribution in [1.82, 2.24) is 9.88 Å². The summed E-state index contributed by atoms with van der Waals surface area (Å²) < 4.78 is 5.40. The van der Waals surface area contributed by atoms with Crippen LogP contribution in [-0.2, 0) is 4.74 Å². The van der Waals surface area contributed by atoms with E-state index in [0.29, 0.717) is 24.5 Å². The van der Waals surface area contributed by atoms with E-state index in [1.165, 1.54) is 0 Å². The third-order valence-corrected chi connectivity index (χ3v) is 3.19. The van der Waals surface area contributed by atoms with Crippen LogP contribution in [0.25, 0.3) is 0 Å². The Kier molecular flexibility index (Phi) is 4.00. The van der Waals surface area contributed by atoms with E-state index in [9.17, 15) is 4.79 Å². The number of amides is 1. The molecule has 1 aromatic rings. The predicted octanol–water partition coefficient (Wildman–Crippen LogP) is 1.53. The zero-order valence-corrected chi connectivity index (χ0v) is 10.5. The summed E-state index contributed by atoms with van der Waals surface area (Å²) in [5.41, 5.74) is 0.967. The smallest absolute Gasteiger partial charge is 0.270 e. The molecule has 96 valence electrons. The molecule has 0 unspecified atom stereocenters. The Bertz CT molecular complexity index is 461. The van der Waals surface area contributed by atoms with Crippen molar-refractivity contribution in [3.05, 3.63) is 23.5 Å². The standard InChI is InChI=1S/C13H17N3O2/c1-2-18-9-11-4-3-5-16(11)13(17)12-6-10(7-14)8-15-12/h6,8,11,15H,2-5,9H2,1H3/t11-/m0/s1. The molecule has 1 aliphatic heterocycles. The van der Waals surface area contributed by atoms with E-state index in [-0.39, 0.29) is 11.9 Å². The van der Waals surface area contributed by atoms with Crippen LogP contribution in [0.4, 0.5) is 0 Å². The first kappa shape index (κ1) is 12.7. The first-order chi connectivity index (χ1) is 8.76. The summed E-state index contributed by atoms with van der Waals surface area (Å²) in [6.45, 7) is 3.97. The lowest BCUT2D eigenvalue weighted by molar-refractivity contribution is 0.0560. The number of carbonyl (C=O) groups is 1. The topological polar surface area (TPSA) is 69.1 Å². The van der Waals surface area contributed by atoms with Crippen LogP contribution in [0.2, 0.25) is 0 Å². The number of aromatic amines is 1. The number of nitriles is 1. The average Bonchev–Trinajstić information content (AvgIpc) is 3.04. The third-order valence-electron chi connectivity index (χ3n) is 3.19. The molecule has 5 nitrogen and oxygen atoms in total. The van der Waals surface area contributed by atoms with Crippen LogP contribution in [0, 0.1) is 11.3 Å². The minimum Gasteiger partial charge on any atom is -0.380 e. The number of carbonyl (C=O) groups excluding carboxylic acids is 1. The minimum atomic E-state index is -0.0429. The highest BCUT2D eigenvalue weighted by Crippen LogP contribution is 2.20. The molecule has 0 spiro atoms. The van der Waals surface area contributed by atoms with Crippen LogP contribution in [-0.4, -0.2) is 41.6 Å². The number of nitrogens with one attached hydrogen (secondary N) is 1. The van der Waals surface area contributed by atoms with Crippen LogP contribution in [0.1, 0.15) is 35.8 Å². The molecule has 18 heavy (non-hydrogen) atoms. The van der Waals surface area contributed by atoms with Gasteiger partial charge in [-0.3, -0.25) is 4.79 Å². The fourth-order valence-electron chi connectivity index (χ4n) is 2.27. The number of hydrogen-bond acceptors (Lipinski definition) is 3. The van der Waals surface area contributed by atoms with Crippen molar-refractivity contribution in [1.29, 1.82) is 5.26 Å². The van der Waals surface area contributed by atoms with Gasteiger partial charge in [0.05, 0.1) is 18.2 Å². The molecule has 0 radical (unpaired) electrons. The quantitative estimate of drug-likeness (QED) is 0.877. The van der Waals surface area contributed by atoms with Crippen molar-refractivity contribution in [2.24, 2.45) is 0 Å². The largest absolute Gasteiger partial charge is 0.380 e. The lowest BCUT2D eigenvalue weighted by Crippen LogP contribution is -2.38. The van der Waals surface area contributed by atoms with Gasteiger partial charge in [0.2, 0.25) is 0 Å². The lowest BCUT2D eigenvalue weighted by atomic mass is 10.2. The Hall–Kier alpha value is -1.80. The van der Waals surface area contributed by atoms with Gasteiger partial charge in [-0.2, -0.15) is 5.26 Å². The van der Waals surface area contributed by atoms with Crippen LogP contribution < -0.4 is 0 Å². The molecule has 2 heterocycles. The molecule has 1 aliphatic rings. The molecule has 0 aliphatic carbocycles. The molecule has 1 atom stereocenters. The Labute approximate surface area is 106 Å². The van der Waals surface area contributed by atoms with E-state index >= 15 is 0 Å². The summed E-state index contributed by atoms with van der Waals surface area (Å²) in [6.07, 6.45) is 3.55. The van der Waals surface area contributed by atoms with E-state index < -0.39 is 0 Å². The Morgan fingerprint density at radius 3 is 3.22 bits per heavy atom. The minimum absolute atomic E-state index is 0.0429. The highest BCUT2D eigenvalue weighted by Gasteiger charge is 2.30. The van der Waals surface area contributed by atoms with E-state index in [1.807, 2.05) is 17.9 Å². The summed E-state index contributed by atoms with van der Waals surface area (Å²) in [4.78, 5) is 17.0. The van der Waals surface area contributed by atoms with E-state index in [2.05, 4.69) is 4.98 Å². The molecule has 5 heteroatoms. The van der Waals surface area contributed by atoms with Crippen molar-refractivity contribution in [3.8, 4) is 6.07 Å². The fraction of sp³-hybridized carbons (Fsp3) is 0.538.